The fourth-order valence-electron chi connectivity index (χ4n) is 0. The minimum Gasteiger partial charge on any atom is -0.405 e. The van der Waals surface area contributed by atoms with Crippen molar-refractivity contribution in [3.63, 3.8) is 0 Å². The van der Waals surface area contributed by atoms with Gasteiger partial charge in [-0.05, 0) is 0 Å². The maximum atomic E-state index is 8.52. The topological polar surface area (TPSA) is 208 Å². The largest absolute Gasteiger partial charge is 3.00 e. The number of hydrogen-bond donors (Lipinski definition) is 0. The smallest absolute Gasteiger partial charge is 0.405 e. The van der Waals surface area contributed by atoms with Crippen LogP contribution in [0.4, 0.5) is 0 Å². The maximum absolute atomic E-state index is 8.52. The summed E-state index contributed by atoms with van der Waals surface area (Å²) in [5.41, 5.74) is 0. The molecule has 1 radical (unpaired) electrons. The van der Waals surface area contributed by atoms with E-state index in [1.165, 1.54) is 0 Å². The molecule has 0 aromatic rings. The van der Waals surface area contributed by atoms with Crippen LogP contribution in [0.3, 0.4) is 0 Å². The Bertz CT molecular complexity index is 43.4. The first kappa shape index (κ1) is 24.7. The molecule has 89 valence electrons. The Balaban J connectivity index is -0.0000000450. The zero-order valence-corrected chi connectivity index (χ0v) is 11.5. The first-order valence-electron chi connectivity index (χ1n) is 1.39. The third-order valence-electron chi connectivity index (χ3n) is 0. The molecule has 13 heteroatoms. The summed E-state index contributed by atoms with van der Waals surface area (Å²) in [6.07, 6.45) is 0. The maximum Gasteiger partial charge on any atom is 3.00 e. The zero-order chi connectivity index (χ0) is 10.7. The van der Waals surface area contributed by atoms with Crippen LogP contribution in [-0.2, 0) is 0 Å². The molecule has 0 bridgehead atoms. The van der Waals surface area contributed by atoms with Crippen LogP contribution < -0.4 is 37.8 Å². The van der Waals surface area contributed by atoms with Crippen molar-refractivity contribution in [3.8, 4) is 0 Å². The third kappa shape index (κ3) is 343. The Morgan fingerprint density at radius 1 is 0.385 bits per heavy atom. The van der Waals surface area contributed by atoms with Gasteiger partial charge in [-0.1, -0.05) is 0 Å². The van der Waals surface area contributed by atoms with Gasteiger partial charge in [-0.3, -0.25) is 0 Å². The predicted octanol–water partition coefficient (Wildman–Crippen LogP) is -10.7. The van der Waals surface area contributed by atoms with E-state index < -0.39 is 44.4 Å². The molecule has 9 nitrogen and oxygen atoms in total. The molecular formula is Br3O9Yb. The summed E-state index contributed by atoms with van der Waals surface area (Å²) in [6, 6.07) is 0. The molecule has 0 aromatic carbocycles. The standard InChI is InChI=1S/3BrO3.Yb/c3*2-1(3)4;/q3*-1;+3. The van der Waals surface area contributed by atoms with Gasteiger partial charge in [-0.25, -0.2) is 0 Å². The molecule has 13 heavy (non-hydrogen) atoms. The van der Waals surface area contributed by atoms with E-state index in [0.717, 1.165) is 0 Å². The molecule has 0 saturated heterocycles. The van der Waals surface area contributed by atoms with Gasteiger partial charge in [0, 0.05) is 0 Å². The molecule has 0 atom stereocenters. The average Bonchev–Trinajstić information content (AvgIpc) is 1.54. The predicted molar refractivity (Wildman–Crippen MR) is 0 cm³/mol. The van der Waals surface area contributed by atoms with E-state index in [0.29, 0.717) is 0 Å². The minimum atomic E-state index is -3.65. The summed E-state index contributed by atoms with van der Waals surface area (Å²) in [5, 5.41) is 0. The molecule has 0 rings (SSSR count). The van der Waals surface area contributed by atoms with Gasteiger partial charge < -0.3 is 37.8 Å². The van der Waals surface area contributed by atoms with Gasteiger partial charge in [0.2, 0.25) is 44.4 Å². The van der Waals surface area contributed by atoms with E-state index >= 15 is 0 Å². The van der Waals surface area contributed by atoms with Gasteiger partial charge in [0.1, 0.15) is 0 Å². The molecule has 0 heterocycles. The van der Waals surface area contributed by atoms with E-state index in [4.69, 9.17) is 37.8 Å². The van der Waals surface area contributed by atoms with E-state index in [2.05, 4.69) is 0 Å². The molecule has 0 aliphatic heterocycles. The quantitative estimate of drug-likeness (QED) is 0.277. The van der Waals surface area contributed by atoms with Crippen LogP contribution in [0.5, 0.6) is 0 Å². The second kappa shape index (κ2) is 20.1. The molecule has 0 N–H and O–H groups in total. The molecule has 0 aromatic heterocycles. The zero-order valence-electron chi connectivity index (χ0n) is 5.08. The fraction of sp³-hybridized carbons (Fsp3) is 0. The molecule has 0 unspecified atom stereocenters. The summed E-state index contributed by atoms with van der Waals surface area (Å²) in [6.45, 7) is 0. The fourth-order valence-corrected chi connectivity index (χ4v) is 0. The normalized spacial score (nSPS) is 8.31. The van der Waals surface area contributed by atoms with Crippen molar-refractivity contribution in [1.29, 1.82) is 0 Å². The van der Waals surface area contributed by atoms with Gasteiger partial charge in [0.15, 0.2) is 0 Å². The molecule has 0 spiro atoms. The van der Waals surface area contributed by atoms with Crippen molar-refractivity contribution < 1.29 is 129 Å². The molecule has 0 amide bonds. The Morgan fingerprint density at radius 3 is 0.385 bits per heavy atom. The molecule has 0 fully saturated rings. The van der Waals surface area contributed by atoms with Gasteiger partial charge in [0.25, 0.3) is 0 Å². The second-order valence-electron chi connectivity index (χ2n) is 0.567. The van der Waals surface area contributed by atoms with Gasteiger partial charge in [-0.15, -0.1) is 0 Å². The van der Waals surface area contributed by atoms with Crippen molar-refractivity contribution >= 4 is 0 Å². The van der Waals surface area contributed by atoms with Crippen LogP contribution in [0.1, 0.15) is 0 Å². The molecule has 0 saturated carbocycles. The monoisotopic (exact) mass is 555 g/mol. The van der Waals surface area contributed by atoms with Crippen molar-refractivity contribution in [2.45, 2.75) is 0 Å². The summed E-state index contributed by atoms with van der Waals surface area (Å²) in [4.78, 5) is 0. The number of hydrogen-bond acceptors (Lipinski definition) is 9. The van der Waals surface area contributed by atoms with Crippen LogP contribution in [-0.4, -0.2) is 0 Å². The minimum absolute atomic E-state index is 0. The van der Waals surface area contributed by atoms with Crippen molar-refractivity contribution in [2.24, 2.45) is 0 Å². The second-order valence-corrected chi connectivity index (χ2v) is 2.95. The summed E-state index contributed by atoms with van der Waals surface area (Å²) in [5.74, 6) is 0. The van der Waals surface area contributed by atoms with Gasteiger partial charge >= 0.3 is 46.9 Å². The Labute approximate surface area is 127 Å². The van der Waals surface area contributed by atoms with E-state index in [1.807, 2.05) is 0 Å². The van der Waals surface area contributed by atoms with E-state index in [1.54, 1.807) is 0 Å². The third-order valence-corrected chi connectivity index (χ3v) is 0. The van der Waals surface area contributed by atoms with Gasteiger partial charge in [0.05, 0.1) is 0 Å². The van der Waals surface area contributed by atoms with Crippen molar-refractivity contribution in [3.05, 3.63) is 0 Å². The summed E-state index contributed by atoms with van der Waals surface area (Å²) < 4.78 is 76.7. The first-order valence-corrected chi connectivity index (χ1v) is 7.22. The Hall–Kier alpha value is 2.60. The van der Waals surface area contributed by atoms with Crippen LogP contribution in [0.25, 0.3) is 0 Å². The summed E-state index contributed by atoms with van der Waals surface area (Å²) in [7, 11) is 0. The van der Waals surface area contributed by atoms with Crippen molar-refractivity contribution in [1.82, 2.24) is 0 Å². The van der Waals surface area contributed by atoms with Gasteiger partial charge in [-0.2, -0.15) is 0 Å². The number of halogens is 3. The van der Waals surface area contributed by atoms with Crippen LogP contribution in [0.15, 0.2) is 0 Å². The van der Waals surface area contributed by atoms with Crippen LogP contribution in [0.2, 0.25) is 0 Å². The molecule has 0 aliphatic rings. The molecule has 0 aliphatic carbocycles. The summed E-state index contributed by atoms with van der Waals surface area (Å²) >= 11 is -10.9. The van der Waals surface area contributed by atoms with Crippen LogP contribution in [0, 0.1) is 91.4 Å². The Kier molecular flexibility index (Phi) is 38.1. The first-order chi connectivity index (χ1) is 5.20. The van der Waals surface area contributed by atoms with E-state index in [9.17, 15) is 0 Å². The average molecular weight is 557 g/mol. The van der Waals surface area contributed by atoms with Crippen molar-refractivity contribution in [2.75, 3.05) is 0 Å². The number of rotatable bonds is 0. The Morgan fingerprint density at radius 2 is 0.385 bits per heavy atom. The van der Waals surface area contributed by atoms with Crippen LogP contribution >= 0.6 is 0 Å². The molecular weight excluding hydrogens is 557 g/mol. The SMILES string of the molecule is [O-][Br+2]([O-])[O-].[O-][Br+2]([O-])[O-].[O-][Br+2]([O-])[O-].[Yb+3]. The van der Waals surface area contributed by atoms with E-state index in [-0.39, 0.29) is 46.9 Å².